The lowest BCUT2D eigenvalue weighted by molar-refractivity contribution is -0.384. The molecule has 0 unspecified atom stereocenters. The van der Waals surface area contributed by atoms with Gasteiger partial charge in [0.05, 0.1) is 12.0 Å². The van der Waals surface area contributed by atoms with Crippen molar-refractivity contribution in [1.82, 2.24) is 5.32 Å². The van der Waals surface area contributed by atoms with Crippen molar-refractivity contribution < 1.29 is 28.4 Å². The van der Waals surface area contributed by atoms with Crippen LogP contribution in [0.25, 0.3) is 11.0 Å². The van der Waals surface area contributed by atoms with Crippen molar-refractivity contribution in [3.8, 4) is 5.75 Å². The van der Waals surface area contributed by atoms with E-state index in [9.17, 15) is 24.5 Å². The number of nitro groups is 1. The SMILES string of the molecule is COc1ccc2c(COC(=O)[C@@H](NC(=O)c3ccc(Cl)c([N+](=O)[O-])c3)C(C)C)cc(=O)oc2c1. The van der Waals surface area contributed by atoms with Gasteiger partial charge >= 0.3 is 11.6 Å². The number of fused-ring (bicyclic) bond motifs is 1. The Balaban J connectivity index is 1.77. The summed E-state index contributed by atoms with van der Waals surface area (Å²) < 4.78 is 15.7. The van der Waals surface area contributed by atoms with Crippen LogP contribution in [0.5, 0.6) is 5.75 Å². The van der Waals surface area contributed by atoms with E-state index in [1.807, 2.05) is 0 Å². The molecule has 1 atom stereocenters. The molecule has 1 heterocycles. The topological polar surface area (TPSA) is 138 Å². The Hall–Kier alpha value is -3.92. The number of nitrogens with zero attached hydrogens (tertiary/aromatic N) is 1. The molecule has 2 aromatic carbocycles. The summed E-state index contributed by atoms with van der Waals surface area (Å²) in [6.07, 6.45) is 0. The van der Waals surface area contributed by atoms with Crippen LogP contribution in [-0.2, 0) is 16.1 Å². The molecule has 0 saturated heterocycles. The van der Waals surface area contributed by atoms with Crippen LogP contribution in [0.2, 0.25) is 5.02 Å². The fourth-order valence-electron chi connectivity index (χ4n) is 3.21. The van der Waals surface area contributed by atoms with Crippen LogP contribution >= 0.6 is 11.6 Å². The largest absolute Gasteiger partial charge is 0.497 e. The molecule has 34 heavy (non-hydrogen) atoms. The van der Waals surface area contributed by atoms with Gasteiger partial charge in [0.2, 0.25) is 0 Å². The number of carbonyl (C=O) groups excluding carboxylic acids is 2. The number of amides is 1. The Morgan fingerprint density at radius 1 is 1.18 bits per heavy atom. The lowest BCUT2D eigenvalue weighted by atomic mass is 10.0. The van der Waals surface area contributed by atoms with Gasteiger partial charge in [-0.2, -0.15) is 0 Å². The minimum atomic E-state index is -1.05. The lowest BCUT2D eigenvalue weighted by Crippen LogP contribution is -2.45. The van der Waals surface area contributed by atoms with Crippen molar-refractivity contribution in [3.05, 3.63) is 79.1 Å². The summed E-state index contributed by atoms with van der Waals surface area (Å²) in [5.74, 6) is -1.30. The number of nitrogens with one attached hydrogen (secondary N) is 1. The summed E-state index contributed by atoms with van der Waals surface area (Å²) in [6, 6.07) is 8.65. The van der Waals surface area contributed by atoms with Gasteiger partial charge in [0.1, 0.15) is 29.0 Å². The van der Waals surface area contributed by atoms with Gasteiger partial charge in [-0.25, -0.2) is 9.59 Å². The summed E-state index contributed by atoms with van der Waals surface area (Å²) in [5.41, 5.74) is -0.384. The number of ether oxygens (including phenoxy) is 2. The molecule has 0 spiro atoms. The van der Waals surface area contributed by atoms with Crippen LogP contribution in [0.1, 0.15) is 29.8 Å². The highest BCUT2D eigenvalue weighted by atomic mass is 35.5. The van der Waals surface area contributed by atoms with E-state index in [2.05, 4.69) is 5.32 Å². The van der Waals surface area contributed by atoms with Crippen LogP contribution in [-0.4, -0.2) is 30.0 Å². The zero-order valence-corrected chi connectivity index (χ0v) is 19.3. The molecule has 1 N–H and O–H groups in total. The number of hydrogen-bond donors (Lipinski definition) is 1. The van der Waals surface area contributed by atoms with Crippen molar-refractivity contribution in [2.45, 2.75) is 26.5 Å². The van der Waals surface area contributed by atoms with Gasteiger partial charge in [-0.1, -0.05) is 25.4 Å². The highest BCUT2D eigenvalue weighted by Gasteiger charge is 2.27. The number of halogens is 1. The molecule has 10 nitrogen and oxygen atoms in total. The van der Waals surface area contributed by atoms with Gasteiger partial charge in [-0.15, -0.1) is 0 Å². The second-order valence-electron chi connectivity index (χ2n) is 7.68. The second kappa shape index (κ2) is 10.3. The molecule has 0 aliphatic heterocycles. The Bertz CT molecular complexity index is 1320. The molecule has 11 heteroatoms. The minimum absolute atomic E-state index is 0.0323. The first-order chi connectivity index (χ1) is 16.1. The highest BCUT2D eigenvalue weighted by Crippen LogP contribution is 2.26. The number of nitro benzene ring substituents is 1. The first-order valence-electron chi connectivity index (χ1n) is 10.1. The van der Waals surface area contributed by atoms with E-state index in [4.69, 9.17) is 25.5 Å². The number of methoxy groups -OCH3 is 1. The Kier molecular flexibility index (Phi) is 7.52. The fraction of sp³-hybridized carbons (Fsp3) is 0.261. The highest BCUT2D eigenvalue weighted by molar-refractivity contribution is 6.32. The standard InChI is InChI=1S/C23H21ClN2O8/c1-12(2)21(25-22(28)13-4-7-17(24)18(8-13)26(30)31)23(29)33-11-14-9-20(27)34-19-10-15(32-3)5-6-16(14)19/h4-10,12,21H,11H2,1-3H3,(H,25,28)/t21-/m0/s1. The molecule has 0 radical (unpaired) electrons. The van der Waals surface area contributed by atoms with Gasteiger partial charge in [0, 0.05) is 34.7 Å². The Labute approximate surface area is 198 Å². The summed E-state index contributed by atoms with van der Waals surface area (Å²) >= 11 is 5.79. The third-order valence-corrected chi connectivity index (χ3v) is 5.34. The van der Waals surface area contributed by atoms with Crippen molar-refractivity contribution in [1.29, 1.82) is 0 Å². The van der Waals surface area contributed by atoms with Crippen molar-refractivity contribution in [3.63, 3.8) is 0 Å². The first kappa shape index (κ1) is 24.7. The smallest absolute Gasteiger partial charge is 0.336 e. The predicted octanol–water partition coefficient (Wildman–Crippen LogP) is 3.86. The number of benzene rings is 2. The third kappa shape index (κ3) is 5.52. The number of hydrogen-bond acceptors (Lipinski definition) is 8. The number of esters is 1. The zero-order valence-electron chi connectivity index (χ0n) is 18.5. The molecule has 0 fully saturated rings. The van der Waals surface area contributed by atoms with E-state index >= 15 is 0 Å². The second-order valence-corrected chi connectivity index (χ2v) is 8.09. The third-order valence-electron chi connectivity index (χ3n) is 5.02. The van der Waals surface area contributed by atoms with Crippen LogP contribution in [0.4, 0.5) is 5.69 Å². The molecule has 0 aliphatic rings. The monoisotopic (exact) mass is 488 g/mol. The van der Waals surface area contributed by atoms with Crippen LogP contribution < -0.4 is 15.7 Å². The predicted molar refractivity (Wildman–Crippen MR) is 123 cm³/mol. The molecule has 0 aliphatic carbocycles. The average molecular weight is 489 g/mol. The molecular formula is C23H21ClN2O8. The normalized spacial score (nSPS) is 11.8. The van der Waals surface area contributed by atoms with Gasteiger partial charge in [-0.3, -0.25) is 14.9 Å². The van der Waals surface area contributed by atoms with E-state index in [0.717, 1.165) is 6.07 Å². The van der Waals surface area contributed by atoms with E-state index < -0.39 is 34.2 Å². The maximum atomic E-state index is 12.8. The zero-order chi connectivity index (χ0) is 25.0. The quantitative estimate of drug-likeness (QED) is 0.218. The molecule has 178 valence electrons. The number of carbonyl (C=O) groups is 2. The molecule has 0 saturated carbocycles. The molecule has 3 aromatic rings. The van der Waals surface area contributed by atoms with E-state index in [1.54, 1.807) is 32.0 Å². The summed E-state index contributed by atoms with van der Waals surface area (Å²) in [7, 11) is 1.48. The average Bonchev–Trinajstić information content (AvgIpc) is 2.79. The van der Waals surface area contributed by atoms with Crippen molar-refractivity contribution >= 4 is 40.1 Å². The molecule has 0 bridgehead atoms. The molecule has 3 rings (SSSR count). The van der Waals surface area contributed by atoms with Gasteiger partial charge in [-0.05, 0) is 30.2 Å². The maximum absolute atomic E-state index is 12.8. The van der Waals surface area contributed by atoms with E-state index in [-0.39, 0.29) is 28.7 Å². The number of rotatable bonds is 8. The van der Waals surface area contributed by atoms with Crippen LogP contribution in [0.15, 0.2) is 51.7 Å². The van der Waals surface area contributed by atoms with Crippen LogP contribution in [0, 0.1) is 16.0 Å². The molecule has 1 amide bonds. The van der Waals surface area contributed by atoms with E-state index in [1.165, 1.54) is 25.3 Å². The van der Waals surface area contributed by atoms with Gasteiger partial charge in [0.25, 0.3) is 11.6 Å². The van der Waals surface area contributed by atoms with Crippen molar-refractivity contribution in [2.75, 3.05) is 7.11 Å². The van der Waals surface area contributed by atoms with Crippen LogP contribution in [0.3, 0.4) is 0 Å². The van der Waals surface area contributed by atoms with Crippen molar-refractivity contribution in [2.24, 2.45) is 5.92 Å². The molecular weight excluding hydrogens is 468 g/mol. The minimum Gasteiger partial charge on any atom is -0.497 e. The Morgan fingerprint density at radius 3 is 2.56 bits per heavy atom. The lowest BCUT2D eigenvalue weighted by Gasteiger charge is -2.21. The van der Waals surface area contributed by atoms with E-state index in [0.29, 0.717) is 16.7 Å². The van der Waals surface area contributed by atoms with Gasteiger partial charge < -0.3 is 19.2 Å². The summed E-state index contributed by atoms with van der Waals surface area (Å²) in [4.78, 5) is 47.8. The fourth-order valence-corrected chi connectivity index (χ4v) is 3.40. The first-order valence-corrected chi connectivity index (χ1v) is 10.5. The maximum Gasteiger partial charge on any atom is 0.336 e. The summed E-state index contributed by atoms with van der Waals surface area (Å²) in [6.45, 7) is 3.17. The Morgan fingerprint density at radius 2 is 1.91 bits per heavy atom. The summed E-state index contributed by atoms with van der Waals surface area (Å²) in [5, 5.41) is 14.1. The molecule has 1 aromatic heterocycles. The van der Waals surface area contributed by atoms with Gasteiger partial charge in [0.15, 0.2) is 0 Å².